The van der Waals surface area contributed by atoms with Gasteiger partial charge in [-0.1, -0.05) is 12.1 Å². The number of halogens is 3. The van der Waals surface area contributed by atoms with Crippen molar-refractivity contribution in [2.24, 2.45) is 0 Å². The monoisotopic (exact) mass is 329 g/mol. The molecule has 0 radical (unpaired) electrons. The molecule has 1 heterocycles. The summed E-state index contributed by atoms with van der Waals surface area (Å²) in [5.41, 5.74) is -0.0446. The zero-order valence-corrected chi connectivity index (χ0v) is 11.3. The van der Waals surface area contributed by atoms with Gasteiger partial charge in [0.2, 0.25) is 5.82 Å². The van der Waals surface area contributed by atoms with E-state index in [-0.39, 0.29) is 10.9 Å². The zero-order valence-electron chi connectivity index (χ0n) is 11.3. The first kappa shape index (κ1) is 16.5. The lowest BCUT2D eigenvalue weighted by atomic mass is 10.2. The molecule has 2 aromatic rings. The average Bonchev–Trinajstić information content (AvgIpc) is 2.44. The van der Waals surface area contributed by atoms with Gasteiger partial charge in [-0.3, -0.25) is 4.79 Å². The Bertz CT molecular complexity index is 764. The molecule has 1 aromatic heterocycles. The summed E-state index contributed by atoms with van der Waals surface area (Å²) in [6.45, 7) is 0. The number of benzene rings is 1. The second-order valence-electron chi connectivity index (χ2n) is 4.54. The molecule has 0 bridgehead atoms. The van der Waals surface area contributed by atoms with Crippen molar-refractivity contribution in [1.82, 2.24) is 9.97 Å². The molecule has 0 aliphatic carbocycles. The molecule has 122 valence electrons. The highest BCUT2D eigenvalue weighted by Crippen LogP contribution is 2.30. The number of fused-ring (bicyclic) bond motifs is 1. The Hall–Kier alpha value is -2.91. The van der Waals surface area contributed by atoms with Gasteiger partial charge in [0.05, 0.1) is 11.9 Å². The molecule has 3 N–H and O–H groups in total. The molecule has 1 aromatic carbocycles. The first-order valence-corrected chi connectivity index (χ1v) is 6.23. The van der Waals surface area contributed by atoms with Gasteiger partial charge in [-0.25, -0.2) is 14.8 Å². The molecule has 0 fully saturated rings. The van der Waals surface area contributed by atoms with Gasteiger partial charge in [-0.15, -0.1) is 0 Å². The van der Waals surface area contributed by atoms with Crippen LogP contribution in [0.2, 0.25) is 0 Å². The van der Waals surface area contributed by atoms with E-state index in [1.807, 2.05) is 0 Å². The van der Waals surface area contributed by atoms with Crippen molar-refractivity contribution in [3.63, 3.8) is 0 Å². The summed E-state index contributed by atoms with van der Waals surface area (Å²) in [6, 6.07) is 4.05. The van der Waals surface area contributed by atoms with Gasteiger partial charge in [-0.05, 0) is 12.1 Å². The minimum absolute atomic E-state index is 0.0446. The fourth-order valence-electron chi connectivity index (χ4n) is 1.85. The van der Waals surface area contributed by atoms with Gasteiger partial charge >= 0.3 is 18.1 Å². The molecular weight excluding hydrogens is 319 g/mol. The van der Waals surface area contributed by atoms with Crippen LogP contribution in [0.5, 0.6) is 0 Å². The summed E-state index contributed by atoms with van der Waals surface area (Å²) in [5.74, 6) is -4.78. The lowest BCUT2D eigenvalue weighted by Crippen LogP contribution is -2.32. The van der Waals surface area contributed by atoms with E-state index in [2.05, 4.69) is 15.3 Å². The van der Waals surface area contributed by atoms with E-state index in [1.165, 1.54) is 24.3 Å². The van der Waals surface area contributed by atoms with Crippen LogP contribution in [0.4, 0.5) is 19.0 Å². The Morgan fingerprint density at radius 2 is 1.83 bits per heavy atom. The zero-order chi connectivity index (χ0) is 17.2. The molecule has 10 heteroatoms. The smallest absolute Gasteiger partial charge is 0.451 e. The Morgan fingerprint density at radius 3 is 2.39 bits per heavy atom. The van der Waals surface area contributed by atoms with E-state index in [4.69, 9.17) is 10.2 Å². The minimum Gasteiger partial charge on any atom is -0.481 e. The van der Waals surface area contributed by atoms with Crippen molar-refractivity contribution in [1.29, 1.82) is 0 Å². The van der Waals surface area contributed by atoms with E-state index in [0.717, 1.165) is 0 Å². The number of hydrogen-bond acceptors (Lipinski definition) is 5. The standard InChI is InChI=1S/C13H10F3N3O4/c14-13(15,16)12-18-7-4-2-1-3-6(7)10(19-12)17-8(11(22)23)5-9(20)21/h1-4,8H,5H2,(H,20,21)(H,22,23)(H,17,18,19)/t8-/m0/s1. The van der Waals surface area contributed by atoms with Crippen molar-refractivity contribution in [2.45, 2.75) is 18.6 Å². The van der Waals surface area contributed by atoms with Crippen molar-refractivity contribution >= 4 is 28.7 Å². The third kappa shape index (κ3) is 3.84. The lowest BCUT2D eigenvalue weighted by Gasteiger charge is -2.16. The molecule has 23 heavy (non-hydrogen) atoms. The summed E-state index contributed by atoms with van der Waals surface area (Å²) >= 11 is 0. The number of rotatable bonds is 5. The summed E-state index contributed by atoms with van der Waals surface area (Å²) in [7, 11) is 0. The Labute approximate surface area is 126 Å². The van der Waals surface area contributed by atoms with Crippen LogP contribution in [0.1, 0.15) is 12.2 Å². The van der Waals surface area contributed by atoms with Crippen LogP contribution in [-0.2, 0) is 15.8 Å². The second-order valence-corrected chi connectivity index (χ2v) is 4.54. The van der Waals surface area contributed by atoms with E-state index < -0.39 is 42.2 Å². The maximum Gasteiger partial charge on any atom is 0.451 e. The van der Waals surface area contributed by atoms with Gasteiger partial charge in [-0.2, -0.15) is 13.2 Å². The van der Waals surface area contributed by atoms with Gasteiger partial charge in [0, 0.05) is 5.39 Å². The number of alkyl halides is 3. The molecule has 0 aliphatic heterocycles. The Balaban J connectivity index is 2.53. The van der Waals surface area contributed by atoms with E-state index in [1.54, 1.807) is 0 Å². The van der Waals surface area contributed by atoms with Crippen molar-refractivity contribution in [3.8, 4) is 0 Å². The molecule has 0 amide bonds. The maximum absolute atomic E-state index is 12.8. The van der Waals surface area contributed by atoms with Crippen LogP contribution in [-0.4, -0.2) is 38.2 Å². The van der Waals surface area contributed by atoms with E-state index in [0.29, 0.717) is 0 Å². The van der Waals surface area contributed by atoms with Gasteiger partial charge in [0.15, 0.2) is 0 Å². The predicted molar refractivity (Wildman–Crippen MR) is 71.8 cm³/mol. The number of carbonyl (C=O) groups is 2. The third-order valence-corrected chi connectivity index (χ3v) is 2.84. The van der Waals surface area contributed by atoms with Crippen LogP contribution < -0.4 is 5.32 Å². The summed E-state index contributed by atoms with van der Waals surface area (Å²) in [4.78, 5) is 28.4. The quantitative estimate of drug-likeness (QED) is 0.769. The highest BCUT2D eigenvalue weighted by molar-refractivity contribution is 5.92. The molecule has 0 unspecified atom stereocenters. The van der Waals surface area contributed by atoms with Crippen molar-refractivity contribution in [2.75, 3.05) is 5.32 Å². The van der Waals surface area contributed by atoms with E-state index in [9.17, 15) is 22.8 Å². The maximum atomic E-state index is 12.8. The molecular formula is C13H10F3N3O4. The fraction of sp³-hybridized carbons (Fsp3) is 0.231. The normalized spacial score (nSPS) is 12.8. The number of carboxylic acid groups (broad SMARTS) is 2. The molecule has 7 nitrogen and oxygen atoms in total. The Kier molecular flexibility index (Phi) is 4.34. The number of anilines is 1. The van der Waals surface area contributed by atoms with Gasteiger partial charge < -0.3 is 15.5 Å². The first-order chi connectivity index (χ1) is 10.7. The molecule has 0 aliphatic rings. The van der Waals surface area contributed by atoms with Crippen molar-refractivity contribution < 1.29 is 33.0 Å². The number of carboxylic acids is 2. The molecule has 0 saturated heterocycles. The van der Waals surface area contributed by atoms with Crippen LogP contribution in [0, 0.1) is 0 Å². The molecule has 2 rings (SSSR count). The minimum atomic E-state index is -4.83. The molecule has 0 saturated carbocycles. The number of aliphatic carboxylic acids is 2. The van der Waals surface area contributed by atoms with Gasteiger partial charge in [0.25, 0.3) is 0 Å². The number of hydrogen-bond donors (Lipinski definition) is 3. The van der Waals surface area contributed by atoms with Crippen molar-refractivity contribution in [3.05, 3.63) is 30.1 Å². The van der Waals surface area contributed by atoms with Crippen LogP contribution >= 0.6 is 0 Å². The molecule has 1 atom stereocenters. The summed E-state index contributed by atoms with van der Waals surface area (Å²) in [6.07, 6.45) is -5.65. The number of aromatic nitrogens is 2. The average molecular weight is 329 g/mol. The highest BCUT2D eigenvalue weighted by Gasteiger charge is 2.36. The highest BCUT2D eigenvalue weighted by atomic mass is 19.4. The van der Waals surface area contributed by atoms with Crippen LogP contribution in [0.25, 0.3) is 10.9 Å². The predicted octanol–water partition coefficient (Wildman–Crippen LogP) is 1.99. The van der Waals surface area contributed by atoms with E-state index >= 15 is 0 Å². The molecule has 0 spiro atoms. The number of nitrogens with one attached hydrogen (secondary N) is 1. The summed E-state index contributed by atoms with van der Waals surface area (Å²) < 4.78 is 38.5. The largest absolute Gasteiger partial charge is 0.481 e. The first-order valence-electron chi connectivity index (χ1n) is 6.23. The second kappa shape index (κ2) is 6.07. The fourth-order valence-corrected chi connectivity index (χ4v) is 1.85. The van der Waals surface area contributed by atoms with Gasteiger partial charge in [0.1, 0.15) is 11.9 Å². The lowest BCUT2D eigenvalue weighted by molar-refractivity contribution is -0.145. The Morgan fingerprint density at radius 1 is 1.17 bits per heavy atom. The summed E-state index contributed by atoms with van der Waals surface area (Å²) in [5, 5.41) is 20.1. The number of nitrogens with zero attached hydrogens (tertiary/aromatic N) is 2. The third-order valence-electron chi connectivity index (χ3n) is 2.84. The van der Waals surface area contributed by atoms with Crippen LogP contribution in [0.3, 0.4) is 0 Å². The number of para-hydroxylation sites is 1. The SMILES string of the molecule is O=C(O)C[C@H](Nc1nc(C(F)(F)F)nc2ccccc12)C(=O)O. The topological polar surface area (TPSA) is 112 Å². The van der Waals surface area contributed by atoms with Crippen LogP contribution in [0.15, 0.2) is 24.3 Å².